The number of piperidine rings is 1. The molecular formula is C19H22N4O. The third kappa shape index (κ3) is 2.75. The number of hydrogen-bond acceptors (Lipinski definition) is 4. The molecule has 0 spiro atoms. The number of hydrogen-bond donors (Lipinski definition) is 1. The maximum atomic E-state index is 11.3. The monoisotopic (exact) mass is 322 g/mol. The van der Waals surface area contributed by atoms with Crippen LogP contribution in [-0.4, -0.2) is 29.0 Å². The number of nitrogens with zero attached hydrogens (tertiary/aromatic N) is 3. The Bertz CT molecular complexity index is 764. The smallest absolute Gasteiger partial charge is 0.248 e. The molecule has 0 bridgehead atoms. The zero-order chi connectivity index (χ0) is 16.5. The van der Waals surface area contributed by atoms with Crippen LogP contribution in [0, 0.1) is 0 Å². The lowest BCUT2D eigenvalue weighted by Gasteiger charge is -2.27. The van der Waals surface area contributed by atoms with Gasteiger partial charge in [-0.3, -0.25) is 4.79 Å². The predicted molar refractivity (Wildman–Crippen MR) is 94.1 cm³/mol. The Morgan fingerprint density at radius 3 is 2.42 bits per heavy atom. The van der Waals surface area contributed by atoms with E-state index in [1.165, 1.54) is 30.5 Å². The Labute approximate surface area is 141 Å². The maximum absolute atomic E-state index is 11.3. The summed E-state index contributed by atoms with van der Waals surface area (Å²) in [4.78, 5) is 23.4. The van der Waals surface area contributed by atoms with Gasteiger partial charge in [0, 0.05) is 35.5 Å². The van der Waals surface area contributed by atoms with E-state index in [0.29, 0.717) is 5.56 Å². The number of carbonyl (C=O) groups excluding carboxylic acids is 1. The largest absolute Gasteiger partial charge is 0.366 e. The molecule has 1 fully saturated rings. The van der Waals surface area contributed by atoms with Gasteiger partial charge in [0.2, 0.25) is 11.9 Å². The second-order valence-corrected chi connectivity index (χ2v) is 6.64. The number of benzene rings is 1. The van der Waals surface area contributed by atoms with Crippen molar-refractivity contribution in [1.29, 1.82) is 0 Å². The number of primary amides is 1. The Morgan fingerprint density at radius 2 is 1.71 bits per heavy atom. The lowest BCUT2D eigenvalue weighted by atomic mass is 10.0. The van der Waals surface area contributed by atoms with Crippen LogP contribution in [0.2, 0.25) is 0 Å². The molecule has 5 heteroatoms. The van der Waals surface area contributed by atoms with Gasteiger partial charge in [-0.25, -0.2) is 9.97 Å². The Balaban J connectivity index is 1.76. The average molecular weight is 322 g/mol. The van der Waals surface area contributed by atoms with Crippen molar-refractivity contribution in [3.63, 3.8) is 0 Å². The van der Waals surface area contributed by atoms with E-state index in [-0.39, 0.29) is 0 Å². The van der Waals surface area contributed by atoms with Crippen LogP contribution < -0.4 is 10.6 Å². The normalized spacial score (nSPS) is 16.9. The third-order valence-electron chi connectivity index (χ3n) is 5.00. The molecule has 1 amide bonds. The van der Waals surface area contributed by atoms with Crippen molar-refractivity contribution < 1.29 is 4.79 Å². The molecule has 1 saturated heterocycles. The van der Waals surface area contributed by atoms with Gasteiger partial charge in [0.1, 0.15) is 0 Å². The number of fused-ring (bicyclic) bond motifs is 1. The summed E-state index contributed by atoms with van der Waals surface area (Å²) in [5.74, 6) is 0.466. The maximum Gasteiger partial charge on any atom is 0.248 e. The van der Waals surface area contributed by atoms with E-state index in [9.17, 15) is 4.79 Å². The average Bonchev–Trinajstić information content (AvgIpc) is 3.10. The standard InChI is InChI=1S/C19H22N4O/c20-18(24)14-9-7-13(8-10-14)17-15-5-4-6-16(15)21-19(22-17)23-11-2-1-3-12-23/h7-10H,1-6,11-12H2,(H2,20,24). The fraction of sp³-hybridized carbons (Fsp3) is 0.421. The van der Waals surface area contributed by atoms with Crippen molar-refractivity contribution in [2.24, 2.45) is 5.73 Å². The van der Waals surface area contributed by atoms with Crippen LogP contribution in [0.4, 0.5) is 5.95 Å². The Morgan fingerprint density at radius 1 is 0.958 bits per heavy atom. The van der Waals surface area contributed by atoms with Crippen molar-refractivity contribution in [3.05, 3.63) is 41.1 Å². The molecule has 2 N–H and O–H groups in total. The first-order valence-corrected chi connectivity index (χ1v) is 8.77. The molecule has 2 aromatic rings. The second kappa shape index (κ2) is 6.23. The topological polar surface area (TPSA) is 72.1 Å². The highest BCUT2D eigenvalue weighted by atomic mass is 16.1. The fourth-order valence-electron chi connectivity index (χ4n) is 3.69. The minimum absolute atomic E-state index is 0.400. The number of aryl methyl sites for hydroxylation is 1. The zero-order valence-corrected chi connectivity index (χ0v) is 13.8. The first kappa shape index (κ1) is 15.1. The van der Waals surface area contributed by atoms with Gasteiger partial charge in [-0.15, -0.1) is 0 Å². The molecule has 1 aromatic heterocycles. The molecule has 124 valence electrons. The van der Waals surface area contributed by atoms with Gasteiger partial charge in [-0.1, -0.05) is 12.1 Å². The summed E-state index contributed by atoms with van der Waals surface area (Å²) in [5, 5.41) is 0. The molecule has 2 aliphatic rings. The summed E-state index contributed by atoms with van der Waals surface area (Å²) in [6, 6.07) is 7.45. The molecule has 24 heavy (non-hydrogen) atoms. The van der Waals surface area contributed by atoms with Gasteiger partial charge in [0.05, 0.1) is 5.69 Å². The highest BCUT2D eigenvalue weighted by Crippen LogP contribution is 2.32. The molecule has 0 atom stereocenters. The second-order valence-electron chi connectivity index (χ2n) is 6.64. The van der Waals surface area contributed by atoms with E-state index in [0.717, 1.165) is 49.6 Å². The van der Waals surface area contributed by atoms with E-state index in [1.807, 2.05) is 12.1 Å². The highest BCUT2D eigenvalue weighted by molar-refractivity contribution is 5.93. The summed E-state index contributed by atoms with van der Waals surface area (Å²) < 4.78 is 0. The van der Waals surface area contributed by atoms with Gasteiger partial charge < -0.3 is 10.6 Å². The Kier molecular flexibility index (Phi) is 3.92. The SMILES string of the molecule is NC(=O)c1ccc(-c2nc(N3CCCCC3)nc3c2CCC3)cc1. The van der Waals surface area contributed by atoms with Crippen LogP contribution in [0.5, 0.6) is 0 Å². The molecule has 0 saturated carbocycles. The van der Waals surface area contributed by atoms with Crippen LogP contribution in [0.3, 0.4) is 0 Å². The van der Waals surface area contributed by atoms with Crippen LogP contribution in [0.25, 0.3) is 11.3 Å². The van der Waals surface area contributed by atoms with E-state index in [2.05, 4.69) is 4.90 Å². The molecule has 4 rings (SSSR count). The summed E-state index contributed by atoms with van der Waals surface area (Å²) in [5.41, 5.74) is 10.4. The van der Waals surface area contributed by atoms with Crippen LogP contribution in [-0.2, 0) is 12.8 Å². The highest BCUT2D eigenvalue weighted by Gasteiger charge is 2.23. The number of rotatable bonds is 3. The van der Waals surface area contributed by atoms with Crippen LogP contribution in [0.1, 0.15) is 47.3 Å². The summed E-state index contributed by atoms with van der Waals surface area (Å²) in [6.45, 7) is 2.08. The van der Waals surface area contributed by atoms with Crippen molar-refractivity contribution in [2.75, 3.05) is 18.0 Å². The van der Waals surface area contributed by atoms with E-state index in [4.69, 9.17) is 15.7 Å². The molecular weight excluding hydrogens is 300 g/mol. The van der Waals surface area contributed by atoms with Crippen LogP contribution in [0.15, 0.2) is 24.3 Å². The van der Waals surface area contributed by atoms with Gasteiger partial charge in [0.25, 0.3) is 0 Å². The lowest BCUT2D eigenvalue weighted by Crippen LogP contribution is -2.31. The number of aromatic nitrogens is 2. The summed E-state index contributed by atoms with van der Waals surface area (Å²) in [6.07, 6.45) is 6.92. The first-order valence-electron chi connectivity index (χ1n) is 8.77. The van der Waals surface area contributed by atoms with Crippen molar-refractivity contribution in [2.45, 2.75) is 38.5 Å². The van der Waals surface area contributed by atoms with Gasteiger partial charge in [-0.05, 0) is 50.7 Å². The van der Waals surface area contributed by atoms with Gasteiger partial charge >= 0.3 is 0 Å². The third-order valence-corrected chi connectivity index (χ3v) is 5.00. The molecule has 0 radical (unpaired) electrons. The van der Waals surface area contributed by atoms with Gasteiger partial charge in [-0.2, -0.15) is 0 Å². The summed E-state index contributed by atoms with van der Waals surface area (Å²) >= 11 is 0. The fourth-order valence-corrected chi connectivity index (χ4v) is 3.69. The number of nitrogens with two attached hydrogens (primary N) is 1. The molecule has 0 unspecified atom stereocenters. The van der Waals surface area contributed by atoms with Crippen molar-refractivity contribution in [1.82, 2.24) is 9.97 Å². The molecule has 5 nitrogen and oxygen atoms in total. The van der Waals surface area contributed by atoms with Crippen molar-refractivity contribution in [3.8, 4) is 11.3 Å². The minimum atomic E-state index is -0.400. The van der Waals surface area contributed by atoms with Gasteiger partial charge in [0.15, 0.2) is 0 Å². The Hall–Kier alpha value is -2.43. The molecule has 1 aliphatic heterocycles. The minimum Gasteiger partial charge on any atom is -0.366 e. The lowest BCUT2D eigenvalue weighted by molar-refractivity contribution is 0.100. The predicted octanol–water partition coefficient (Wildman–Crippen LogP) is 2.72. The molecule has 1 aromatic carbocycles. The number of amides is 1. The van der Waals surface area contributed by atoms with Crippen LogP contribution >= 0.6 is 0 Å². The molecule has 1 aliphatic carbocycles. The quantitative estimate of drug-likeness (QED) is 0.943. The zero-order valence-electron chi connectivity index (χ0n) is 13.8. The van der Waals surface area contributed by atoms with Crippen molar-refractivity contribution >= 4 is 11.9 Å². The number of carbonyl (C=O) groups is 1. The van der Waals surface area contributed by atoms with E-state index < -0.39 is 5.91 Å². The van der Waals surface area contributed by atoms with E-state index >= 15 is 0 Å². The summed E-state index contributed by atoms with van der Waals surface area (Å²) in [7, 11) is 0. The molecule has 2 heterocycles. The number of anilines is 1. The van der Waals surface area contributed by atoms with E-state index in [1.54, 1.807) is 12.1 Å². The first-order chi connectivity index (χ1) is 11.7.